The van der Waals surface area contributed by atoms with E-state index >= 15 is 0 Å². The molecule has 2 aromatic carbocycles. The molecule has 0 atom stereocenters. The lowest BCUT2D eigenvalue weighted by atomic mass is 10.1. The minimum absolute atomic E-state index is 0.156. The number of anilines is 1. The van der Waals surface area contributed by atoms with E-state index in [1.54, 1.807) is 43.3 Å². The topological polar surface area (TPSA) is 67.9 Å². The second kappa shape index (κ2) is 9.48. The monoisotopic (exact) mass is 410 g/mol. The normalized spacial score (nSPS) is 10.3. The summed E-state index contributed by atoms with van der Waals surface area (Å²) in [7, 11) is 3.00. The van der Waals surface area contributed by atoms with E-state index in [1.807, 2.05) is 0 Å². The smallest absolute Gasteiger partial charge is 0.254 e. The van der Waals surface area contributed by atoms with Crippen LogP contribution in [0, 0.1) is 0 Å². The molecule has 0 saturated heterocycles. The molecule has 0 heterocycles. The van der Waals surface area contributed by atoms with Crippen LogP contribution in [-0.4, -0.2) is 44.0 Å². The summed E-state index contributed by atoms with van der Waals surface area (Å²) in [5.41, 5.74) is 0.675. The summed E-state index contributed by atoms with van der Waals surface area (Å²) < 4.78 is 10.4. The average molecular weight is 411 g/mol. The Morgan fingerprint density at radius 1 is 1.04 bits per heavy atom. The Hall–Kier alpha value is -2.44. The van der Waals surface area contributed by atoms with Gasteiger partial charge in [-0.15, -0.1) is 0 Å². The maximum atomic E-state index is 12.8. The molecule has 0 fully saturated rings. The SMILES string of the molecule is CCN(CC(=O)Nc1c(Cl)cccc1Cl)C(=O)c1cc(OC)cc(OC)c1. The fourth-order valence-corrected chi connectivity index (χ4v) is 2.90. The van der Waals surface area contributed by atoms with Gasteiger partial charge >= 0.3 is 0 Å². The highest BCUT2D eigenvalue weighted by molar-refractivity contribution is 6.39. The molecule has 8 heteroatoms. The van der Waals surface area contributed by atoms with E-state index < -0.39 is 5.91 Å². The summed E-state index contributed by atoms with van der Waals surface area (Å²) in [5.74, 6) is 0.243. The fraction of sp³-hybridized carbons (Fsp3) is 0.263. The minimum Gasteiger partial charge on any atom is -0.497 e. The molecule has 0 radical (unpaired) electrons. The average Bonchev–Trinajstić information content (AvgIpc) is 2.68. The number of ether oxygens (including phenoxy) is 2. The Bertz CT molecular complexity index is 800. The van der Waals surface area contributed by atoms with E-state index in [-0.39, 0.29) is 12.5 Å². The summed E-state index contributed by atoms with van der Waals surface area (Å²) in [4.78, 5) is 26.6. The Morgan fingerprint density at radius 2 is 1.59 bits per heavy atom. The van der Waals surface area contributed by atoms with Gasteiger partial charge in [0.05, 0.1) is 30.0 Å². The summed E-state index contributed by atoms with van der Waals surface area (Å²) in [6, 6.07) is 9.77. The Balaban J connectivity index is 2.16. The molecule has 2 amide bonds. The van der Waals surface area contributed by atoms with Crippen LogP contribution in [-0.2, 0) is 4.79 Å². The number of benzene rings is 2. The number of carbonyl (C=O) groups excluding carboxylic acids is 2. The fourth-order valence-electron chi connectivity index (χ4n) is 2.41. The molecule has 27 heavy (non-hydrogen) atoms. The van der Waals surface area contributed by atoms with Gasteiger partial charge in [0.2, 0.25) is 5.91 Å². The van der Waals surface area contributed by atoms with Crippen molar-refractivity contribution in [3.8, 4) is 11.5 Å². The van der Waals surface area contributed by atoms with Gasteiger partial charge in [-0.1, -0.05) is 29.3 Å². The van der Waals surface area contributed by atoms with Crippen molar-refractivity contribution in [3.63, 3.8) is 0 Å². The predicted molar refractivity (Wildman–Crippen MR) is 106 cm³/mol. The molecule has 0 aliphatic heterocycles. The molecule has 0 spiro atoms. The first kappa shape index (κ1) is 20.9. The van der Waals surface area contributed by atoms with Crippen molar-refractivity contribution in [2.24, 2.45) is 0 Å². The van der Waals surface area contributed by atoms with E-state index in [0.717, 1.165) is 0 Å². The van der Waals surface area contributed by atoms with Gasteiger partial charge in [-0.25, -0.2) is 0 Å². The molecule has 0 bridgehead atoms. The van der Waals surface area contributed by atoms with Crippen molar-refractivity contribution < 1.29 is 19.1 Å². The van der Waals surface area contributed by atoms with E-state index in [1.165, 1.54) is 19.1 Å². The zero-order valence-corrected chi connectivity index (χ0v) is 16.7. The maximum absolute atomic E-state index is 12.8. The summed E-state index contributed by atoms with van der Waals surface area (Å²) in [5, 5.41) is 3.29. The molecule has 144 valence electrons. The van der Waals surface area contributed by atoms with Crippen LogP contribution in [0.3, 0.4) is 0 Å². The zero-order chi connectivity index (χ0) is 20.0. The van der Waals surface area contributed by atoms with E-state index in [9.17, 15) is 9.59 Å². The molecule has 0 aromatic heterocycles. The highest BCUT2D eigenvalue weighted by Crippen LogP contribution is 2.29. The van der Waals surface area contributed by atoms with Crippen LogP contribution in [0.2, 0.25) is 10.0 Å². The first-order chi connectivity index (χ1) is 12.9. The van der Waals surface area contributed by atoms with Gasteiger partial charge in [0.1, 0.15) is 18.0 Å². The number of para-hydroxylation sites is 1. The molecule has 1 N–H and O–H groups in total. The number of hydrogen-bond donors (Lipinski definition) is 1. The number of carbonyl (C=O) groups is 2. The molecule has 6 nitrogen and oxygen atoms in total. The van der Waals surface area contributed by atoms with Gasteiger partial charge in [-0.2, -0.15) is 0 Å². The van der Waals surface area contributed by atoms with E-state index in [0.29, 0.717) is 39.3 Å². The molecular formula is C19H20Cl2N2O4. The van der Waals surface area contributed by atoms with Crippen LogP contribution in [0.1, 0.15) is 17.3 Å². The summed E-state index contributed by atoms with van der Waals surface area (Å²) >= 11 is 12.1. The van der Waals surface area contributed by atoms with Gasteiger partial charge in [0.25, 0.3) is 5.91 Å². The number of nitrogens with one attached hydrogen (secondary N) is 1. The van der Waals surface area contributed by atoms with Gasteiger partial charge in [0, 0.05) is 18.2 Å². The molecule has 0 saturated carbocycles. The van der Waals surface area contributed by atoms with Crippen molar-refractivity contribution in [2.45, 2.75) is 6.92 Å². The Kier molecular flexibility index (Phi) is 7.33. The van der Waals surface area contributed by atoms with E-state index in [4.69, 9.17) is 32.7 Å². The summed E-state index contributed by atoms with van der Waals surface area (Å²) in [6.07, 6.45) is 0. The third-order valence-corrected chi connectivity index (χ3v) is 4.46. The number of rotatable bonds is 7. The molecule has 0 unspecified atom stereocenters. The van der Waals surface area contributed by atoms with Crippen LogP contribution < -0.4 is 14.8 Å². The van der Waals surface area contributed by atoms with Crippen LogP contribution in [0.25, 0.3) is 0 Å². The lowest BCUT2D eigenvalue weighted by molar-refractivity contribution is -0.116. The quantitative estimate of drug-likeness (QED) is 0.745. The first-order valence-corrected chi connectivity index (χ1v) is 8.91. The Labute approximate surface area is 168 Å². The first-order valence-electron chi connectivity index (χ1n) is 8.15. The summed E-state index contributed by atoms with van der Waals surface area (Å²) in [6.45, 7) is 1.96. The molecule has 2 aromatic rings. The van der Waals surface area contributed by atoms with Crippen molar-refractivity contribution in [2.75, 3.05) is 32.6 Å². The molecular weight excluding hydrogens is 391 g/mol. The van der Waals surface area contributed by atoms with Crippen molar-refractivity contribution in [1.29, 1.82) is 0 Å². The lowest BCUT2D eigenvalue weighted by Gasteiger charge is -2.21. The maximum Gasteiger partial charge on any atom is 0.254 e. The number of amides is 2. The van der Waals surface area contributed by atoms with Crippen LogP contribution in [0.5, 0.6) is 11.5 Å². The number of nitrogens with zero attached hydrogens (tertiary/aromatic N) is 1. The molecule has 0 aliphatic carbocycles. The van der Waals surface area contributed by atoms with Crippen molar-refractivity contribution in [1.82, 2.24) is 4.90 Å². The third kappa shape index (κ3) is 5.28. The van der Waals surface area contributed by atoms with E-state index in [2.05, 4.69) is 5.32 Å². The number of hydrogen-bond acceptors (Lipinski definition) is 4. The van der Waals surface area contributed by atoms with Crippen LogP contribution in [0.15, 0.2) is 36.4 Å². The number of methoxy groups -OCH3 is 2. The van der Waals surface area contributed by atoms with Gasteiger partial charge in [-0.3, -0.25) is 9.59 Å². The van der Waals surface area contributed by atoms with Crippen LogP contribution >= 0.6 is 23.2 Å². The molecule has 2 rings (SSSR count). The second-order valence-electron chi connectivity index (χ2n) is 5.57. The van der Waals surface area contributed by atoms with Gasteiger partial charge < -0.3 is 19.7 Å². The lowest BCUT2D eigenvalue weighted by Crippen LogP contribution is -2.38. The standard InChI is InChI=1S/C19H20Cl2N2O4/c1-4-23(11-17(24)22-18-15(20)6-5-7-16(18)21)19(25)12-8-13(26-2)10-14(9-12)27-3/h5-10H,4,11H2,1-3H3,(H,22,24). The van der Waals surface area contributed by atoms with Gasteiger partial charge in [-0.05, 0) is 31.2 Å². The Morgan fingerprint density at radius 3 is 2.07 bits per heavy atom. The number of likely N-dealkylation sites (N-methyl/N-ethyl adjacent to an activating group) is 1. The highest BCUT2D eigenvalue weighted by Gasteiger charge is 2.20. The van der Waals surface area contributed by atoms with Crippen molar-refractivity contribution in [3.05, 3.63) is 52.0 Å². The zero-order valence-electron chi connectivity index (χ0n) is 15.2. The molecule has 0 aliphatic rings. The third-order valence-electron chi connectivity index (χ3n) is 3.83. The minimum atomic E-state index is -0.407. The largest absolute Gasteiger partial charge is 0.497 e. The second-order valence-corrected chi connectivity index (χ2v) is 6.38. The number of halogens is 2. The van der Waals surface area contributed by atoms with Crippen molar-refractivity contribution >= 4 is 40.7 Å². The highest BCUT2D eigenvalue weighted by atomic mass is 35.5. The predicted octanol–water partition coefficient (Wildman–Crippen LogP) is 4.11. The van der Waals surface area contributed by atoms with Crippen LogP contribution in [0.4, 0.5) is 5.69 Å². The van der Waals surface area contributed by atoms with Gasteiger partial charge in [0.15, 0.2) is 0 Å².